The summed E-state index contributed by atoms with van der Waals surface area (Å²) < 4.78 is 0. The fourth-order valence-electron chi connectivity index (χ4n) is 11.0. The molecular weight excluding hydrogens is 1330 g/mol. The van der Waals surface area contributed by atoms with Crippen molar-refractivity contribution in [1.82, 2.24) is 78.9 Å². The summed E-state index contributed by atoms with van der Waals surface area (Å²) in [5.41, 5.74) is 22.5. The van der Waals surface area contributed by atoms with Gasteiger partial charge >= 0.3 is 0 Å². The lowest BCUT2D eigenvalue weighted by molar-refractivity contribution is -0.142. The number of amides is 15. The van der Waals surface area contributed by atoms with Crippen LogP contribution in [0, 0.1) is 0 Å². The van der Waals surface area contributed by atoms with Crippen LogP contribution in [0.3, 0.4) is 0 Å². The van der Waals surface area contributed by atoms with Crippen LogP contribution < -0.4 is 97.9 Å². The molecule has 3 rings (SSSR count). The molecule has 4 unspecified atom stereocenters. The molecule has 0 aliphatic carbocycles. The fourth-order valence-corrected chi connectivity index (χ4v) is 11.0. The number of fused-ring (bicyclic) bond motifs is 2. The van der Waals surface area contributed by atoms with Crippen LogP contribution in [-0.2, 0) is 76.8 Å². The van der Waals surface area contributed by atoms with Crippen LogP contribution >= 0.6 is 0 Å². The van der Waals surface area contributed by atoms with Gasteiger partial charge in [-0.1, -0.05) is 0 Å². The summed E-state index contributed by atoms with van der Waals surface area (Å²) in [6.45, 7) is -3.02. The van der Waals surface area contributed by atoms with Crippen molar-refractivity contribution >= 4 is 88.6 Å². The molecule has 0 aromatic carbocycles. The van der Waals surface area contributed by atoms with Crippen molar-refractivity contribution in [3.8, 4) is 0 Å². The maximum Gasteiger partial charge on any atom is 0.248 e. The molecule has 15 amide bonds. The van der Waals surface area contributed by atoms with Gasteiger partial charge in [0.2, 0.25) is 88.6 Å². The van der Waals surface area contributed by atoms with E-state index in [0.717, 1.165) is 0 Å². The van der Waals surface area contributed by atoms with Crippen molar-refractivity contribution in [3.63, 3.8) is 0 Å². The van der Waals surface area contributed by atoms with E-state index in [2.05, 4.69) is 74.0 Å². The van der Waals surface area contributed by atoms with Crippen molar-refractivity contribution in [1.29, 1.82) is 0 Å². The summed E-state index contributed by atoms with van der Waals surface area (Å²) in [7, 11) is 0. The lowest BCUT2D eigenvalue weighted by Crippen LogP contribution is -2.59. The van der Waals surface area contributed by atoms with Gasteiger partial charge < -0.3 is 122 Å². The number of rotatable bonds is 35. The van der Waals surface area contributed by atoms with Gasteiger partial charge in [0.15, 0.2) is 0 Å². The first kappa shape index (κ1) is 86.9. The molecule has 572 valence electrons. The van der Waals surface area contributed by atoms with E-state index in [-0.39, 0.29) is 168 Å². The molecule has 3 fully saturated rings. The third kappa shape index (κ3) is 31.6. The van der Waals surface area contributed by atoms with Gasteiger partial charge in [-0.15, -0.1) is 0 Å². The molecule has 101 heavy (non-hydrogen) atoms. The highest BCUT2D eigenvalue weighted by atomic mass is 16.6. The van der Waals surface area contributed by atoms with Crippen LogP contribution in [0.4, 0.5) is 0 Å². The molecule has 27 N–H and O–H groups in total. The second-order valence-electron chi connectivity index (χ2n) is 24.9. The van der Waals surface area contributed by atoms with E-state index in [1.807, 2.05) is 0 Å². The highest BCUT2D eigenvalue weighted by Gasteiger charge is 2.41. The minimum Gasteiger partial charge on any atom is -0.394 e. The normalized spacial score (nSPS) is 23.1. The Morgan fingerprint density at radius 2 is 0.723 bits per heavy atom. The minimum absolute atomic E-state index is 0.00701. The first-order valence-electron chi connectivity index (χ1n) is 34.3. The van der Waals surface area contributed by atoms with Crippen molar-refractivity contribution in [2.75, 3.05) is 91.9 Å². The van der Waals surface area contributed by atoms with E-state index in [0.29, 0.717) is 0 Å². The summed E-state index contributed by atoms with van der Waals surface area (Å²) in [5.74, 6) is -6.66. The predicted molar refractivity (Wildman–Crippen MR) is 357 cm³/mol. The van der Waals surface area contributed by atoms with Gasteiger partial charge in [-0.25, -0.2) is 5.90 Å². The van der Waals surface area contributed by atoms with Gasteiger partial charge in [0.25, 0.3) is 0 Å². The Hall–Kier alpha value is -8.35. The molecule has 3 aliphatic heterocycles. The predicted octanol–water partition coefficient (Wildman–Crippen LogP) is -11.3. The molecule has 0 aromatic heterocycles. The molecule has 3 saturated heterocycles. The Morgan fingerprint density at radius 1 is 0.426 bits per heavy atom. The first-order valence-corrected chi connectivity index (χ1v) is 34.3. The van der Waals surface area contributed by atoms with Gasteiger partial charge in [-0.2, -0.15) is 0 Å². The van der Waals surface area contributed by atoms with Gasteiger partial charge in [-0.3, -0.25) is 76.8 Å². The lowest BCUT2D eigenvalue weighted by Gasteiger charge is -2.30. The van der Waals surface area contributed by atoms with E-state index >= 15 is 0 Å². The summed E-state index contributed by atoms with van der Waals surface area (Å²) in [4.78, 5) is 212. The van der Waals surface area contributed by atoms with Crippen molar-refractivity contribution in [2.45, 2.75) is 201 Å². The SMILES string of the molecule is C[C@@H]1NC(=O)[C@H](CCCCNC(=O)C(N)CO)NC(=O)CNC(=O)[C@@H]2CCCN2C(=O)[C@H](CCCCNC(=O)C(N)CO)NC(=O)[C@H](CCCCNC(=O)CON)NC(=O)[C@H](CCCCNC(=O)C(N)CO)NC(=O)CNC(=O)[C@@H]2CCCN2C(=O)[C@H](CCCCNC(=O)C(N)CO)NC1=O. The smallest absolute Gasteiger partial charge is 0.248 e. The fraction of sp³-hybridized carbons (Fsp3) is 0.754. The van der Waals surface area contributed by atoms with Gasteiger partial charge in [0.05, 0.1) is 39.5 Å². The molecule has 40 heteroatoms. The monoisotopic (exact) mass is 1440 g/mol. The number of hydrogen-bond donors (Lipinski definition) is 22. The summed E-state index contributed by atoms with van der Waals surface area (Å²) in [6.07, 6.45) is 1.95. The molecule has 40 nitrogen and oxygen atoms in total. The maximum atomic E-state index is 14.9. The average molecular weight is 1440 g/mol. The Kier molecular flexibility index (Phi) is 41.0. The average Bonchev–Trinajstić information content (AvgIpc) is 1.74. The third-order valence-corrected chi connectivity index (χ3v) is 16.9. The number of aliphatic hydroxyl groups is 4. The van der Waals surface area contributed by atoms with Gasteiger partial charge in [0, 0.05) is 45.8 Å². The molecule has 0 aromatic rings. The topological polar surface area (TPSA) is 639 Å². The van der Waals surface area contributed by atoms with E-state index in [1.54, 1.807) is 0 Å². The Labute approximate surface area is 585 Å². The van der Waals surface area contributed by atoms with Crippen LogP contribution in [0.1, 0.15) is 129 Å². The van der Waals surface area contributed by atoms with Crippen molar-refractivity contribution in [2.24, 2.45) is 28.8 Å². The molecule has 0 radical (unpaired) electrons. The van der Waals surface area contributed by atoms with E-state index in [9.17, 15) is 92.3 Å². The number of aliphatic hydroxyl groups excluding tert-OH is 4. The number of carbonyl (C=O) groups excluding carboxylic acids is 15. The molecule has 3 aliphatic rings. The first-order chi connectivity index (χ1) is 48.2. The zero-order valence-corrected chi connectivity index (χ0v) is 57.4. The zero-order chi connectivity index (χ0) is 75.0. The number of nitrogens with two attached hydrogens (primary N) is 5. The number of hydrogen-bond acceptors (Lipinski definition) is 25. The third-order valence-electron chi connectivity index (χ3n) is 16.9. The highest BCUT2D eigenvalue weighted by Crippen LogP contribution is 2.22. The van der Waals surface area contributed by atoms with Crippen molar-refractivity contribution in [3.05, 3.63) is 0 Å². The van der Waals surface area contributed by atoms with Gasteiger partial charge in [0.1, 0.15) is 79.1 Å². The molecule has 3 heterocycles. The lowest BCUT2D eigenvalue weighted by atomic mass is 10.0. The van der Waals surface area contributed by atoms with Crippen LogP contribution in [0.25, 0.3) is 0 Å². The number of nitrogens with one attached hydrogen (secondary N) is 13. The molecular formula is C61H108N20O20. The van der Waals surface area contributed by atoms with Crippen LogP contribution in [0.2, 0.25) is 0 Å². The van der Waals surface area contributed by atoms with Crippen LogP contribution in [0.5, 0.6) is 0 Å². The molecule has 12 atom stereocenters. The Balaban J connectivity index is 2.15. The quantitative estimate of drug-likeness (QED) is 0.0207. The molecule has 0 saturated carbocycles. The maximum absolute atomic E-state index is 14.9. The van der Waals surface area contributed by atoms with Crippen molar-refractivity contribution < 1.29 is 97.2 Å². The van der Waals surface area contributed by atoms with Gasteiger partial charge in [-0.05, 0) is 129 Å². The second kappa shape index (κ2) is 47.7. The largest absolute Gasteiger partial charge is 0.394 e. The summed E-state index contributed by atoms with van der Waals surface area (Å²) in [6, 6.07) is -15.9. The zero-order valence-electron chi connectivity index (χ0n) is 57.4. The molecule has 0 bridgehead atoms. The summed E-state index contributed by atoms with van der Waals surface area (Å²) >= 11 is 0. The number of unbranched alkanes of at least 4 members (excludes halogenated alkanes) is 5. The standard InChI is InChI=1S/C61H108N20O20/c1-35-50(89)78-43(17-5-10-24-70-53(92)38(64)32-84)60(99)80-26-12-19-45(80)58(97)73-29-48(87)76-41(15-4-9-23-69-52(91)37(63)31-83)56(95)77-42(16-2-7-21-67-49(88)34-101-66)57(96)79-44(18-6-11-25-71-54(93)39(65)33-85)61(100)81-27-13-20-46(81)59(98)72-28-47(86)75-40(55(94)74-35)14-3-8-22-68-51(90)36(62)30-82/h35-46,82-85H,2-34,62-66H2,1H3,(H,67,88)(H,68,90)(H,69,91)(H,70,92)(H,71,93)(H,72,98)(H,73,97)(H,74,94)(H,75,86)(H,76,87)(H,77,95)(H,78,89)(H,79,96)/t35-,36?,37?,38?,39?,40-,41-,42-,43-,44-,45-,46-/m0/s1. The molecule has 0 spiro atoms. The summed E-state index contributed by atoms with van der Waals surface area (Å²) in [5, 5.41) is 71.0. The van der Waals surface area contributed by atoms with Crippen LogP contribution in [0.15, 0.2) is 0 Å². The van der Waals surface area contributed by atoms with E-state index in [4.69, 9.17) is 28.8 Å². The number of carbonyl (C=O) groups is 15. The van der Waals surface area contributed by atoms with Crippen LogP contribution in [-0.4, -0.2) is 283 Å². The van der Waals surface area contributed by atoms with E-state index < -0.39 is 207 Å². The Morgan fingerprint density at radius 3 is 1.06 bits per heavy atom. The number of nitrogens with zero attached hydrogens (tertiary/aromatic N) is 2. The minimum atomic E-state index is -1.49. The van der Waals surface area contributed by atoms with E-state index in [1.165, 1.54) is 16.7 Å². The highest BCUT2D eigenvalue weighted by molar-refractivity contribution is 5.99. The second-order valence-corrected chi connectivity index (χ2v) is 24.9. The Bertz CT molecular complexity index is 2760.